The molecule has 0 aliphatic heterocycles. The maximum atomic E-state index is 5.41. The summed E-state index contributed by atoms with van der Waals surface area (Å²) in [5, 5.41) is 0. The molecule has 2 N–H and O–H groups in total. The van der Waals surface area contributed by atoms with Crippen LogP contribution in [0.2, 0.25) is 0 Å². The fourth-order valence-electron chi connectivity index (χ4n) is 1.08. The fourth-order valence-corrected chi connectivity index (χ4v) is 1.08. The normalized spacial score (nSPS) is 14.2. The molecule has 0 saturated carbocycles. The SMILES string of the molecule is C=C(N)/C=C\C(CC)C(C)C. The van der Waals surface area contributed by atoms with Gasteiger partial charge in [-0.2, -0.15) is 0 Å². The van der Waals surface area contributed by atoms with Gasteiger partial charge in [0.05, 0.1) is 0 Å². The summed E-state index contributed by atoms with van der Waals surface area (Å²) < 4.78 is 0. The zero-order chi connectivity index (χ0) is 8.85. The highest BCUT2D eigenvalue weighted by Crippen LogP contribution is 2.16. The van der Waals surface area contributed by atoms with Crippen molar-refractivity contribution in [1.29, 1.82) is 0 Å². The Morgan fingerprint density at radius 1 is 1.55 bits per heavy atom. The van der Waals surface area contributed by atoms with Crippen molar-refractivity contribution in [3.05, 3.63) is 24.4 Å². The van der Waals surface area contributed by atoms with Gasteiger partial charge in [0.15, 0.2) is 0 Å². The topological polar surface area (TPSA) is 26.0 Å². The molecule has 1 unspecified atom stereocenters. The molecule has 1 nitrogen and oxygen atoms in total. The Morgan fingerprint density at radius 2 is 2.09 bits per heavy atom. The van der Waals surface area contributed by atoms with Crippen LogP contribution in [0, 0.1) is 11.8 Å². The van der Waals surface area contributed by atoms with E-state index < -0.39 is 0 Å². The minimum absolute atomic E-state index is 0.635. The first-order valence-corrected chi connectivity index (χ1v) is 4.20. The van der Waals surface area contributed by atoms with Gasteiger partial charge < -0.3 is 5.73 Å². The van der Waals surface area contributed by atoms with Crippen molar-refractivity contribution in [3.8, 4) is 0 Å². The van der Waals surface area contributed by atoms with Crippen LogP contribution in [-0.2, 0) is 0 Å². The van der Waals surface area contributed by atoms with E-state index in [-0.39, 0.29) is 0 Å². The molecule has 0 amide bonds. The monoisotopic (exact) mass is 153 g/mol. The lowest BCUT2D eigenvalue weighted by Gasteiger charge is -2.13. The molecular formula is C10H19N. The van der Waals surface area contributed by atoms with Gasteiger partial charge >= 0.3 is 0 Å². The van der Waals surface area contributed by atoms with Crippen molar-refractivity contribution in [2.45, 2.75) is 27.2 Å². The van der Waals surface area contributed by atoms with Crippen molar-refractivity contribution >= 4 is 0 Å². The van der Waals surface area contributed by atoms with Crippen LogP contribution in [0.15, 0.2) is 24.4 Å². The molecule has 0 fully saturated rings. The van der Waals surface area contributed by atoms with Gasteiger partial charge in [0, 0.05) is 5.70 Å². The van der Waals surface area contributed by atoms with Crippen LogP contribution in [0.5, 0.6) is 0 Å². The summed E-state index contributed by atoms with van der Waals surface area (Å²) >= 11 is 0. The Balaban J connectivity index is 3.97. The van der Waals surface area contributed by atoms with Gasteiger partial charge in [0.1, 0.15) is 0 Å². The number of hydrogen-bond acceptors (Lipinski definition) is 1. The second kappa shape index (κ2) is 5.00. The average Bonchev–Trinajstić information content (AvgIpc) is 1.87. The van der Waals surface area contributed by atoms with Crippen LogP contribution >= 0.6 is 0 Å². The predicted octanol–water partition coefficient (Wildman–Crippen LogP) is 2.70. The lowest BCUT2D eigenvalue weighted by Crippen LogP contribution is -2.04. The first-order chi connectivity index (χ1) is 5.07. The summed E-state index contributed by atoms with van der Waals surface area (Å²) in [7, 11) is 0. The molecule has 1 heteroatoms. The molecule has 0 saturated heterocycles. The van der Waals surface area contributed by atoms with E-state index in [0.29, 0.717) is 17.5 Å². The number of allylic oxidation sites excluding steroid dienone is 2. The summed E-state index contributed by atoms with van der Waals surface area (Å²) in [6, 6.07) is 0. The van der Waals surface area contributed by atoms with E-state index in [0.717, 1.165) is 0 Å². The minimum atomic E-state index is 0.635. The third-order valence-electron chi connectivity index (χ3n) is 1.89. The van der Waals surface area contributed by atoms with Gasteiger partial charge in [-0.1, -0.05) is 33.4 Å². The molecule has 0 spiro atoms. The van der Waals surface area contributed by atoms with E-state index in [2.05, 4.69) is 33.4 Å². The molecular weight excluding hydrogens is 134 g/mol. The first-order valence-electron chi connectivity index (χ1n) is 4.20. The predicted molar refractivity (Wildman–Crippen MR) is 51.1 cm³/mol. The molecule has 0 aromatic carbocycles. The fraction of sp³-hybridized carbons (Fsp3) is 0.600. The largest absolute Gasteiger partial charge is 0.399 e. The van der Waals surface area contributed by atoms with Crippen LogP contribution in [0.4, 0.5) is 0 Å². The molecule has 0 radical (unpaired) electrons. The molecule has 0 rings (SSSR count). The Bertz CT molecular complexity index is 145. The van der Waals surface area contributed by atoms with Gasteiger partial charge in [-0.05, 0) is 24.3 Å². The van der Waals surface area contributed by atoms with E-state index in [4.69, 9.17) is 5.73 Å². The Hall–Kier alpha value is -0.720. The van der Waals surface area contributed by atoms with E-state index in [1.54, 1.807) is 0 Å². The molecule has 11 heavy (non-hydrogen) atoms. The Kier molecular flexibility index (Phi) is 4.67. The third kappa shape index (κ3) is 4.65. The molecule has 0 aromatic heterocycles. The molecule has 1 atom stereocenters. The summed E-state index contributed by atoms with van der Waals surface area (Å²) in [6.07, 6.45) is 5.21. The first kappa shape index (κ1) is 10.3. The van der Waals surface area contributed by atoms with E-state index >= 15 is 0 Å². The van der Waals surface area contributed by atoms with Crippen LogP contribution in [0.25, 0.3) is 0 Å². The molecule has 0 aliphatic carbocycles. The van der Waals surface area contributed by atoms with Crippen LogP contribution in [-0.4, -0.2) is 0 Å². The van der Waals surface area contributed by atoms with Gasteiger partial charge in [0.2, 0.25) is 0 Å². The maximum absolute atomic E-state index is 5.41. The second-order valence-corrected chi connectivity index (χ2v) is 3.25. The lowest BCUT2D eigenvalue weighted by atomic mass is 9.93. The standard InChI is InChI=1S/C10H19N/c1-5-10(8(2)3)7-6-9(4)11/h6-8,10H,4-5,11H2,1-3H3/b7-6-. The van der Waals surface area contributed by atoms with Crippen molar-refractivity contribution < 1.29 is 0 Å². The third-order valence-corrected chi connectivity index (χ3v) is 1.89. The van der Waals surface area contributed by atoms with Gasteiger partial charge in [-0.25, -0.2) is 0 Å². The number of nitrogens with two attached hydrogens (primary N) is 1. The van der Waals surface area contributed by atoms with Crippen molar-refractivity contribution in [2.24, 2.45) is 17.6 Å². The minimum Gasteiger partial charge on any atom is -0.399 e. The quantitative estimate of drug-likeness (QED) is 0.617. The van der Waals surface area contributed by atoms with Crippen molar-refractivity contribution in [3.63, 3.8) is 0 Å². The van der Waals surface area contributed by atoms with Gasteiger partial charge in [-0.15, -0.1) is 0 Å². The van der Waals surface area contributed by atoms with Gasteiger partial charge in [-0.3, -0.25) is 0 Å². The molecule has 0 aliphatic rings. The van der Waals surface area contributed by atoms with Crippen molar-refractivity contribution in [1.82, 2.24) is 0 Å². The zero-order valence-corrected chi connectivity index (χ0v) is 7.80. The van der Waals surface area contributed by atoms with E-state index in [9.17, 15) is 0 Å². The lowest BCUT2D eigenvalue weighted by molar-refractivity contribution is 0.453. The summed E-state index contributed by atoms with van der Waals surface area (Å²) in [6.45, 7) is 10.2. The highest BCUT2D eigenvalue weighted by molar-refractivity contribution is 5.10. The molecule has 64 valence electrons. The number of hydrogen-bond donors (Lipinski definition) is 1. The average molecular weight is 153 g/mol. The van der Waals surface area contributed by atoms with Gasteiger partial charge in [0.25, 0.3) is 0 Å². The molecule has 0 aromatic rings. The zero-order valence-electron chi connectivity index (χ0n) is 7.80. The van der Waals surface area contributed by atoms with Crippen LogP contribution < -0.4 is 5.73 Å². The highest BCUT2D eigenvalue weighted by Gasteiger charge is 2.05. The molecule has 0 bridgehead atoms. The Labute approximate surface area is 70.0 Å². The van der Waals surface area contributed by atoms with Crippen LogP contribution in [0.3, 0.4) is 0 Å². The summed E-state index contributed by atoms with van der Waals surface area (Å²) in [5.74, 6) is 1.32. The highest BCUT2D eigenvalue weighted by atomic mass is 14.5. The Morgan fingerprint density at radius 3 is 2.36 bits per heavy atom. The van der Waals surface area contributed by atoms with E-state index in [1.165, 1.54) is 6.42 Å². The summed E-state index contributed by atoms with van der Waals surface area (Å²) in [4.78, 5) is 0. The van der Waals surface area contributed by atoms with Crippen molar-refractivity contribution in [2.75, 3.05) is 0 Å². The van der Waals surface area contributed by atoms with E-state index in [1.807, 2.05) is 6.08 Å². The second-order valence-electron chi connectivity index (χ2n) is 3.25. The molecule has 0 heterocycles. The summed E-state index contributed by atoms with van der Waals surface area (Å²) in [5.41, 5.74) is 6.06. The maximum Gasteiger partial charge on any atom is 0.0237 e. The smallest absolute Gasteiger partial charge is 0.0237 e. The number of rotatable bonds is 4. The van der Waals surface area contributed by atoms with Crippen LogP contribution in [0.1, 0.15) is 27.2 Å².